The maximum Gasteiger partial charge on any atom is 0.222 e. The molecule has 0 spiro atoms. The molecule has 7 nitrogen and oxygen atoms in total. The number of hydrogen-bond donors (Lipinski definition) is 2. The second-order valence-electron chi connectivity index (χ2n) is 5.65. The summed E-state index contributed by atoms with van der Waals surface area (Å²) in [6.45, 7) is 9.23. The fourth-order valence-corrected chi connectivity index (χ4v) is 4.03. The highest BCUT2D eigenvalue weighted by molar-refractivity contribution is 7.22. The molecule has 0 atom stereocenters. The van der Waals surface area contributed by atoms with Crippen molar-refractivity contribution in [3.05, 3.63) is 58.7 Å². The number of nitrogens with one attached hydrogen (secondary N) is 1. The number of nitrogen functional groups attached to an aromatic ring is 1. The Labute approximate surface area is 175 Å². The number of nitrogens with zero attached hydrogens (tertiary/aromatic N) is 5. The van der Waals surface area contributed by atoms with E-state index in [-0.39, 0.29) is 18.4 Å². The molecular formula is C18H13Cl2N7S. The van der Waals surface area contributed by atoms with Gasteiger partial charge in [0.15, 0.2) is 11.5 Å². The van der Waals surface area contributed by atoms with Crippen LogP contribution in [0.4, 0.5) is 23.3 Å². The number of nitrogens with two attached hydrogens (primary N) is 1. The van der Waals surface area contributed by atoms with E-state index in [4.69, 9.17) is 23.9 Å². The highest BCUT2D eigenvalue weighted by Gasteiger charge is 2.16. The molecule has 0 saturated carbocycles. The monoisotopic (exact) mass is 429 g/mol. The molecule has 4 rings (SSSR count). The number of benzene rings is 1. The van der Waals surface area contributed by atoms with Crippen LogP contribution < -0.4 is 11.1 Å². The number of pyridine rings is 1. The van der Waals surface area contributed by atoms with Crippen LogP contribution >= 0.6 is 35.3 Å². The second-order valence-corrected chi connectivity index (χ2v) is 7.06. The zero-order valence-electron chi connectivity index (χ0n) is 14.5. The molecule has 4 aromatic rings. The molecule has 0 amide bonds. The van der Waals surface area contributed by atoms with Crippen LogP contribution in [-0.2, 0) is 0 Å². The maximum absolute atomic E-state index is 7.39. The van der Waals surface area contributed by atoms with Crippen LogP contribution in [0.15, 0.2) is 36.5 Å². The number of aromatic nitrogens is 4. The Balaban J connectivity index is 0.00000225. The van der Waals surface area contributed by atoms with Crippen molar-refractivity contribution in [2.45, 2.75) is 6.92 Å². The minimum atomic E-state index is 0. The van der Waals surface area contributed by atoms with Crippen molar-refractivity contribution >= 4 is 68.8 Å². The topological polar surface area (TPSA) is 94.0 Å². The molecule has 0 saturated heterocycles. The van der Waals surface area contributed by atoms with Crippen molar-refractivity contribution in [1.29, 1.82) is 0 Å². The van der Waals surface area contributed by atoms with Gasteiger partial charge in [-0.2, -0.15) is 4.98 Å². The van der Waals surface area contributed by atoms with Gasteiger partial charge in [-0.15, -0.1) is 23.7 Å². The van der Waals surface area contributed by atoms with E-state index >= 15 is 0 Å². The molecule has 0 fully saturated rings. The van der Waals surface area contributed by atoms with Gasteiger partial charge in [0.05, 0.1) is 16.8 Å². The van der Waals surface area contributed by atoms with E-state index in [1.807, 2.05) is 13.0 Å². The molecule has 0 unspecified atom stereocenters. The lowest BCUT2D eigenvalue weighted by Crippen LogP contribution is -2.02. The Morgan fingerprint density at radius 3 is 2.79 bits per heavy atom. The van der Waals surface area contributed by atoms with E-state index < -0.39 is 0 Å². The first-order chi connectivity index (χ1) is 13.0. The molecule has 0 aliphatic carbocycles. The highest BCUT2D eigenvalue weighted by atomic mass is 35.5. The van der Waals surface area contributed by atoms with Crippen LogP contribution in [0.5, 0.6) is 0 Å². The highest BCUT2D eigenvalue weighted by Crippen LogP contribution is 2.42. The average Bonchev–Trinajstić information content (AvgIpc) is 3.05. The maximum atomic E-state index is 7.39. The predicted molar refractivity (Wildman–Crippen MR) is 116 cm³/mol. The average molecular weight is 430 g/mol. The lowest BCUT2D eigenvalue weighted by molar-refractivity contribution is 1.12. The first kappa shape index (κ1) is 19.8. The van der Waals surface area contributed by atoms with Crippen LogP contribution in [-0.4, -0.2) is 19.9 Å². The van der Waals surface area contributed by atoms with Gasteiger partial charge in [-0.25, -0.2) is 19.8 Å². The lowest BCUT2D eigenvalue weighted by Gasteiger charge is -2.06. The molecular weight excluding hydrogens is 417 g/mol. The van der Waals surface area contributed by atoms with Gasteiger partial charge < -0.3 is 11.1 Å². The van der Waals surface area contributed by atoms with Crippen LogP contribution in [0.2, 0.25) is 5.02 Å². The van der Waals surface area contributed by atoms with Gasteiger partial charge in [-0.1, -0.05) is 23.7 Å². The van der Waals surface area contributed by atoms with Gasteiger partial charge >= 0.3 is 0 Å². The van der Waals surface area contributed by atoms with E-state index in [0.29, 0.717) is 32.9 Å². The predicted octanol–water partition coefficient (Wildman–Crippen LogP) is 5.41. The van der Waals surface area contributed by atoms with Crippen molar-refractivity contribution in [2.24, 2.45) is 0 Å². The molecule has 0 aliphatic rings. The van der Waals surface area contributed by atoms with Crippen molar-refractivity contribution < 1.29 is 0 Å². The molecule has 0 radical (unpaired) electrons. The molecule has 3 heterocycles. The van der Waals surface area contributed by atoms with Gasteiger partial charge in [-0.05, 0) is 19.1 Å². The number of thiazole rings is 1. The third-order valence-electron chi connectivity index (χ3n) is 3.75. The fraction of sp³-hybridized carbons (Fsp3) is 0.0556. The van der Waals surface area contributed by atoms with E-state index in [0.717, 1.165) is 15.9 Å². The lowest BCUT2D eigenvalue weighted by atomic mass is 10.2. The van der Waals surface area contributed by atoms with Crippen molar-refractivity contribution in [1.82, 2.24) is 19.9 Å². The molecule has 140 valence electrons. The zero-order chi connectivity index (χ0) is 19.0. The van der Waals surface area contributed by atoms with Crippen LogP contribution in [0.1, 0.15) is 5.69 Å². The summed E-state index contributed by atoms with van der Waals surface area (Å²) in [7, 11) is 0. The largest absolute Gasteiger partial charge is 0.368 e. The van der Waals surface area contributed by atoms with Crippen molar-refractivity contribution in [3.63, 3.8) is 0 Å². The van der Waals surface area contributed by atoms with Gasteiger partial charge in [0, 0.05) is 28.5 Å². The first-order valence-electron chi connectivity index (χ1n) is 7.85. The van der Waals surface area contributed by atoms with Gasteiger partial charge in [0.25, 0.3) is 0 Å². The van der Waals surface area contributed by atoms with Crippen LogP contribution in [0.3, 0.4) is 0 Å². The molecule has 1 aromatic carbocycles. The summed E-state index contributed by atoms with van der Waals surface area (Å²) in [5.74, 6) is 1.34. The number of hydrogen-bond acceptors (Lipinski definition) is 7. The summed E-state index contributed by atoms with van der Waals surface area (Å²) in [5.41, 5.74) is 8.31. The third kappa shape index (κ3) is 3.68. The third-order valence-corrected chi connectivity index (χ3v) is 5.16. The number of rotatable bonds is 3. The van der Waals surface area contributed by atoms with E-state index in [1.165, 1.54) is 11.3 Å². The minimum Gasteiger partial charge on any atom is -0.368 e. The fourth-order valence-electron chi connectivity index (χ4n) is 2.65. The smallest absolute Gasteiger partial charge is 0.222 e. The molecule has 0 aliphatic heterocycles. The Morgan fingerprint density at radius 2 is 2.04 bits per heavy atom. The van der Waals surface area contributed by atoms with E-state index in [2.05, 4.69) is 30.1 Å². The summed E-state index contributed by atoms with van der Waals surface area (Å²) < 4.78 is 0.832. The Kier molecular flexibility index (Phi) is 5.61. The molecule has 3 N–H and O–H groups in total. The zero-order valence-corrected chi connectivity index (χ0v) is 16.9. The summed E-state index contributed by atoms with van der Waals surface area (Å²) >= 11 is 7.75. The Hall–Kier alpha value is -2.99. The second kappa shape index (κ2) is 7.94. The van der Waals surface area contributed by atoms with E-state index in [1.54, 1.807) is 30.5 Å². The van der Waals surface area contributed by atoms with Gasteiger partial charge in [0.2, 0.25) is 5.95 Å². The van der Waals surface area contributed by atoms with Crippen molar-refractivity contribution in [3.8, 4) is 10.6 Å². The quantitative estimate of drug-likeness (QED) is 0.422. The normalized spacial score (nSPS) is 10.3. The Bertz CT molecular complexity index is 1200. The summed E-state index contributed by atoms with van der Waals surface area (Å²) in [4.78, 5) is 20.8. The first-order valence-corrected chi connectivity index (χ1v) is 9.04. The molecule has 28 heavy (non-hydrogen) atoms. The number of aryl methyl sites for hydroxylation is 1. The SMILES string of the molecule is Cl.[C-]#[N+]c1cccc(Cl)c1-c1nc2ccnc(Nc3cc(C)nc(N)n3)c2s1. The number of fused-ring (bicyclic) bond motifs is 1. The molecule has 0 bridgehead atoms. The molecule has 3 aromatic heterocycles. The van der Waals surface area contributed by atoms with Crippen molar-refractivity contribution in [2.75, 3.05) is 11.1 Å². The number of anilines is 3. The van der Waals surface area contributed by atoms with Gasteiger partial charge in [0.1, 0.15) is 10.8 Å². The molecule has 10 heteroatoms. The summed E-state index contributed by atoms with van der Waals surface area (Å²) in [6, 6.07) is 8.83. The van der Waals surface area contributed by atoms with Gasteiger partial charge in [-0.3, -0.25) is 0 Å². The van der Waals surface area contributed by atoms with Crippen LogP contribution in [0, 0.1) is 13.5 Å². The summed E-state index contributed by atoms with van der Waals surface area (Å²) in [5, 5.41) is 4.32. The number of halogens is 2. The standard InChI is InChI=1S/C18H12ClN7S.ClH/c1-9-8-13(26-18(20)23-9)25-16-15-12(6-7-22-16)24-17(27-15)14-10(19)4-3-5-11(14)21-2;/h3-8H,1H3,(H3,20,22,23,25,26);1H. The van der Waals surface area contributed by atoms with Crippen LogP contribution in [0.25, 0.3) is 25.6 Å². The minimum absolute atomic E-state index is 0. The Morgan fingerprint density at radius 1 is 1.21 bits per heavy atom. The van der Waals surface area contributed by atoms with E-state index in [9.17, 15) is 0 Å². The summed E-state index contributed by atoms with van der Waals surface area (Å²) in [6.07, 6.45) is 1.66.